The molecule has 0 saturated heterocycles. The summed E-state index contributed by atoms with van der Waals surface area (Å²) in [6, 6.07) is 14.9. The number of rotatable bonds is 6. The Labute approximate surface area is 181 Å². The van der Waals surface area contributed by atoms with Gasteiger partial charge < -0.3 is 19.9 Å². The van der Waals surface area contributed by atoms with Gasteiger partial charge in [-0.15, -0.1) is 0 Å². The minimum Gasteiger partial charge on any atom is -0.496 e. The molecular weight excluding hydrogens is 392 g/mol. The Balaban J connectivity index is 1.61. The van der Waals surface area contributed by atoms with E-state index in [1.165, 1.54) is 6.42 Å². The maximum atomic E-state index is 13.2. The maximum Gasteiger partial charge on any atom is 0.318 e. The largest absolute Gasteiger partial charge is 0.496 e. The van der Waals surface area contributed by atoms with Crippen LogP contribution in [0.3, 0.4) is 0 Å². The number of ether oxygens (including phenoxy) is 1. The third-order valence-corrected chi connectivity index (χ3v) is 5.78. The van der Waals surface area contributed by atoms with E-state index < -0.39 is 0 Å². The molecule has 0 atom stereocenters. The predicted molar refractivity (Wildman–Crippen MR) is 120 cm³/mol. The fraction of sp³-hybridized carbons (Fsp3) is 0.375. The fourth-order valence-electron chi connectivity index (χ4n) is 4.14. The van der Waals surface area contributed by atoms with Crippen LogP contribution in [0.2, 0.25) is 0 Å². The second-order valence-corrected chi connectivity index (χ2v) is 7.98. The highest BCUT2D eigenvalue weighted by Crippen LogP contribution is 2.22. The van der Waals surface area contributed by atoms with Crippen LogP contribution >= 0.6 is 0 Å². The molecule has 0 bridgehead atoms. The van der Waals surface area contributed by atoms with E-state index in [2.05, 4.69) is 15.3 Å². The summed E-state index contributed by atoms with van der Waals surface area (Å²) in [5, 5.41) is 3.71. The van der Waals surface area contributed by atoms with Crippen LogP contribution in [0.25, 0.3) is 10.9 Å². The molecule has 0 aliphatic heterocycles. The van der Waals surface area contributed by atoms with Gasteiger partial charge in [-0.3, -0.25) is 4.79 Å². The summed E-state index contributed by atoms with van der Waals surface area (Å²) < 4.78 is 5.47. The quantitative estimate of drug-likeness (QED) is 0.632. The van der Waals surface area contributed by atoms with Gasteiger partial charge in [-0.25, -0.2) is 9.78 Å². The van der Waals surface area contributed by atoms with Gasteiger partial charge in [-0.2, -0.15) is 0 Å². The van der Waals surface area contributed by atoms with Gasteiger partial charge in [0.25, 0.3) is 5.56 Å². The molecule has 1 saturated carbocycles. The van der Waals surface area contributed by atoms with Crippen molar-refractivity contribution in [3.8, 4) is 5.75 Å². The van der Waals surface area contributed by atoms with Crippen molar-refractivity contribution >= 4 is 16.9 Å². The number of aromatic amines is 1. The standard InChI is InChI=1S/C24H28N4O3/c1-31-21-14-8-5-9-17(21)15-28(24(30)25-18-10-3-2-4-11-18)16-22-26-20-13-7-6-12-19(20)23(29)27-22/h5-9,12-14,18H,2-4,10-11,15-16H2,1H3,(H,25,30)(H,26,27,29). The van der Waals surface area contributed by atoms with Crippen LogP contribution in [-0.2, 0) is 13.1 Å². The molecule has 2 aromatic carbocycles. The van der Waals surface area contributed by atoms with Crippen molar-refractivity contribution in [3.05, 3.63) is 70.3 Å². The van der Waals surface area contributed by atoms with Crippen molar-refractivity contribution in [2.24, 2.45) is 0 Å². The van der Waals surface area contributed by atoms with Crippen LogP contribution < -0.4 is 15.6 Å². The summed E-state index contributed by atoms with van der Waals surface area (Å²) in [5.74, 6) is 1.18. The Bertz CT molecular complexity index is 1110. The third kappa shape index (κ3) is 5.05. The van der Waals surface area contributed by atoms with Gasteiger partial charge in [-0.05, 0) is 31.0 Å². The molecule has 1 aromatic heterocycles. The number of urea groups is 1. The molecule has 162 valence electrons. The van der Waals surface area contributed by atoms with Crippen LogP contribution in [0.1, 0.15) is 43.5 Å². The van der Waals surface area contributed by atoms with E-state index >= 15 is 0 Å². The lowest BCUT2D eigenvalue weighted by atomic mass is 9.96. The molecule has 4 rings (SSSR count). The molecule has 0 unspecified atom stereocenters. The van der Waals surface area contributed by atoms with Gasteiger partial charge in [0.2, 0.25) is 0 Å². The smallest absolute Gasteiger partial charge is 0.318 e. The van der Waals surface area contributed by atoms with Crippen LogP contribution in [0.15, 0.2) is 53.3 Å². The van der Waals surface area contributed by atoms with E-state index in [0.717, 1.165) is 37.0 Å². The molecular formula is C24H28N4O3. The first-order chi connectivity index (χ1) is 15.1. The summed E-state index contributed by atoms with van der Waals surface area (Å²) in [7, 11) is 1.62. The van der Waals surface area contributed by atoms with E-state index in [1.807, 2.05) is 36.4 Å². The lowest BCUT2D eigenvalue weighted by Crippen LogP contribution is -2.45. The zero-order valence-electron chi connectivity index (χ0n) is 17.8. The van der Waals surface area contributed by atoms with Gasteiger partial charge in [0.1, 0.15) is 11.6 Å². The molecule has 1 aliphatic carbocycles. The lowest BCUT2D eigenvalue weighted by Gasteiger charge is -2.28. The second kappa shape index (κ2) is 9.64. The Morgan fingerprint density at radius 2 is 1.84 bits per heavy atom. The number of benzene rings is 2. The van der Waals surface area contributed by atoms with E-state index in [-0.39, 0.29) is 24.2 Å². The highest BCUT2D eigenvalue weighted by Gasteiger charge is 2.22. The second-order valence-electron chi connectivity index (χ2n) is 7.98. The Kier molecular flexibility index (Phi) is 6.50. The number of nitrogens with one attached hydrogen (secondary N) is 2. The monoisotopic (exact) mass is 420 g/mol. The third-order valence-electron chi connectivity index (χ3n) is 5.78. The van der Waals surface area contributed by atoms with Crippen molar-refractivity contribution in [2.45, 2.75) is 51.2 Å². The minimum absolute atomic E-state index is 0.159. The number of aromatic nitrogens is 2. The molecule has 2 N–H and O–H groups in total. The van der Waals surface area contributed by atoms with Gasteiger partial charge >= 0.3 is 6.03 Å². The van der Waals surface area contributed by atoms with E-state index in [9.17, 15) is 9.59 Å². The zero-order chi connectivity index (χ0) is 21.6. The number of fused-ring (bicyclic) bond motifs is 1. The molecule has 0 radical (unpaired) electrons. The van der Waals surface area contributed by atoms with Crippen LogP contribution in [-0.4, -0.2) is 34.1 Å². The molecule has 3 aromatic rings. The summed E-state index contributed by atoms with van der Waals surface area (Å²) in [5.41, 5.74) is 1.31. The Morgan fingerprint density at radius 3 is 2.65 bits per heavy atom. The number of nitrogens with zero attached hydrogens (tertiary/aromatic N) is 2. The lowest BCUT2D eigenvalue weighted by molar-refractivity contribution is 0.182. The highest BCUT2D eigenvalue weighted by atomic mass is 16.5. The number of H-pyrrole nitrogens is 1. The first-order valence-electron chi connectivity index (χ1n) is 10.8. The summed E-state index contributed by atoms with van der Waals surface area (Å²) in [6.45, 7) is 0.537. The number of methoxy groups -OCH3 is 1. The average Bonchev–Trinajstić information content (AvgIpc) is 2.79. The number of carbonyl (C=O) groups excluding carboxylic acids is 1. The van der Waals surface area contributed by atoms with E-state index in [0.29, 0.717) is 23.3 Å². The highest BCUT2D eigenvalue weighted by molar-refractivity contribution is 5.77. The normalized spacial score (nSPS) is 14.4. The average molecular weight is 421 g/mol. The zero-order valence-corrected chi connectivity index (χ0v) is 17.8. The Hall–Kier alpha value is -3.35. The van der Waals surface area contributed by atoms with Crippen molar-refractivity contribution in [2.75, 3.05) is 7.11 Å². The van der Waals surface area contributed by atoms with Gasteiger partial charge in [-0.1, -0.05) is 49.6 Å². The molecule has 7 nitrogen and oxygen atoms in total. The topological polar surface area (TPSA) is 87.3 Å². The number of para-hydroxylation sites is 2. The fourth-order valence-corrected chi connectivity index (χ4v) is 4.14. The van der Waals surface area contributed by atoms with Gasteiger partial charge in [0, 0.05) is 11.6 Å². The summed E-state index contributed by atoms with van der Waals surface area (Å²) in [6.07, 6.45) is 5.49. The van der Waals surface area contributed by atoms with E-state index in [1.54, 1.807) is 24.1 Å². The first-order valence-corrected chi connectivity index (χ1v) is 10.8. The molecule has 2 amide bonds. The van der Waals surface area contributed by atoms with E-state index in [4.69, 9.17) is 4.74 Å². The summed E-state index contributed by atoms with van der Waals surface area (Å²) >= 11 is 0. The molecule has 1 aliphatic rings. The maximum absolute atomic E-state index is 13.2. The Morgan fingerprint density at radius 1 is 1.10 bits per heavy atom. The van der Waals surface area contributed by atoms with Gasteiger partial charge in [0.05, 0.1) is 31.1 Å². The molecule has 7 heteroatoms. The van der Waals surface area contributed by atoms with Crippen LogP contribution in [0.5, 0.6) is 5.75 Å². The predicted octanol–water partition coefficient (Wildman–Crippen LogP) is 3.98. The minimum atomic E-state index is -0.203. The van der Waals surface area contributed by atoms with Crippen LogP contribution in [0, 0.1) is 0 Å². The van der Waals surface area contributed by atoms with Crippen molar-refractivity contribution in [1.29, 1.82) is 0 Å². The van der Waals surface area contributed by atoms with Crippen molar-refractivity contribution < 1.29 is 9.53 Å². The van der Waals surface area contributed by atoms with Gasteiger partial charge in [0.15, 0.2) is 0 Å². The number of hydrogen-bond donors (Lipinski definition) is 2. The molecule has 1 heterocycles. The number of hydrogen-bond acceptors (Lipinski definition) is 4. The SMILES string of the molecule is COc1ccccc1CN(Cc1nc2ccccc2c(=O)[nH]1)C(=O)NC1CCCCC1. The number of carbonyl (C=O) groups is 1. The molecule has 31 heavy (non-hydrogen) atoms. The molecule has 1 fully saturated rings. The molecule has 0 spiro atoms. The van der Waals surface area contributed by atoms with Crippen molar-refractivity contribution in [3.63, 3.8) is 0 Å². The first kappa shape index (κ1) is 20.9. The summed E-state index contributed by atoms with van der Waals surface area (Å²) in [4.78, 5) is 34.8. The number of amides is 2. The van der Waals surface area contributed by atoms with Crippen LogP contribution in [0.4, 0.5) is 4.79 Å². The van der Waals surface area contributed by atoms with Crippen molar-refractivity contribution in [1.82, 2.24) is 20.2 Å².